The number of rotatable bonds is 2. The summed E-state index contributed by atoms with van der Waals surface area (Å²) < 4.78 is 0. The standard InChI is InChI=1S/C12H8N4S/c1-2-9(10-8-13-4-5-14-10)11(15-3-1)12-16-6-7-17-12/h1-8H. The van der Waals surface area contributed by atoms with E-state index in [2.05, 4.69) is 19.9 Å². The lowest BCUT2D eigenvalue weighted by molar-refractivity contribution is 1.19. The highest BCUT2D eigenvalue weighted by Crippen LogP contribution is 2.29. The number of nitrogens with zero attached hydrogens (tertiary/aromatic N) is 4. The lowest BCUT2D eigenvalue weighted by atomic mass is 10.1. The van der Waals surface area contributed by atoms with Crippen LogP contribution < -0.4 is 0 Å². The Balaban J connectivity index is 2.18. The second kappa shape index (κ2) is 4.39. The summed E-state index contributed by atoms with van der Waals surface area (Å²) in [7, 11) is 0. The first-order valence-corrected chi connectivity index (χ1v) is 5.94. The van der Waals surface area contributed by atoms with Gasteiger partial charge in [0, 0.05) is 35.7 Å². The van der Waals surface area contributed by atoms with E-state index >= 15 is 0 Å². The molecule has 0 aliphatic rings. The quantitative estimate of drug-likeness (QED) is 0.691. The highest BCUT2D eigenvalue weighted by Gasteiger charge is 2.10. The zero-order valence-electron chi connectivity index (χ0n) is 8.82. The van der Waals surface area contributed by atoms with Crippen molar-refractivity contribution in [3.05, 3.63) is 48.5 Å². The molecule has 0 atom stereocenters. The maximum absolute atomic E-state index is 4.38. The van der Waals surface area contributed by atoms with Gasteiger partial charge in [0.25, 0.3) is 0 Å². The third-order valence-electron chi connectivity index (χ3n) is 2.28. The normalized spacial score (nSPS) is 10.4. The second-order valence-corrected chi connectivity index (χ2v) is 4.22. The molecule has 3 heterocycles. The molecule has 0 aliphatic heterocycles. The van der Waals surface area contributed by atoms with E-state index in [1.165, 1.54) is 0 Å². The van der Waals surface area contributed by atoms with Crippen LogP contribution in [0.3, 0.4) is 0 Å². The Bertz CT molecular complexity index is 607. The Morgan fingerprint density at radius 1 is 0.941 bits per heavy atom. The zero-order valence-corrected chi connectivity index (χ0v) is 9.63. The second-order valence-electron chi connectivity index (χ2n) is 3.33. The first kappa shape index (κ1) is 10.0. The molecule has 0 N–H and O–H groups in total. The largest absolute Gasteiger partial charge is 0.261 e. The average molecular weight is 240 g/mol. The fourth-order valence-electron chi connectivity index (χ4n) is 1.56. The van der Waals surface area contributed by atoms with Crippen molar-refractivity contribution >= 4 is 11.3 Å². The summed E-state index contributed by atoms with van der Waals surface area (Å²) >= 11 is 1.56. The van der Waals surface area contributed by atoms with Crippen LogP contribution >= 0.6 is 11.3 Å². The van der Waals surface area contributed by atoms with Gasteiger partial charge in [-0.05, 0) is 12.1 Å². The van der Waals surface area contributed by atoms with Crippen LogP contribution in [0.1, 0.15) is 0 Å². The Hall–Kier alpha value is -2.14. The molecule has 0 aromatic carbocycles. The number of pyridine rings is 1. The summed E-state index contributed by atoms with van der Waals surface area (Å²) in [6.45, 7) is 0. The summed E-state index contributed by atoms with van der Waals surface area (Å²) in [4.78, 5) is 17.0. The van der Waals surface area contributed by atoms with Crippen LogP contribution in [0, 0.1) is 0 Å². The van der Waals surface area contributed by atoms with Gasteiger partial charge in [-0.25, -0.2) is 4.98 Å². The minimum absolute atomic E-state index is 0.811. The van der Waals surface area contributed by atoms with Crippen LogP contribution in [0.25, 0.3) is 22.0 Å². The SMILES string of the molecule is c1cnc(-c2nccs2)c(-c2cnccn2)c1. The van der Waals surface area contributed by atoms with Gasteiger partial charge in [-0.15, -0.1) is 11.3 Å². The van der Waals surface area contributed by atoms with E-state index in [1.54, 1.807) is 42.3 Å². The highest BCUT2D eigenvalue weighted by atomic mass is 32.1. The summed E-state index contributed by atoms with van der Waals surface area (Å²) in [5.41, 5.74) is 2.62. The molecule has 0 amide bonds. The fourth-order valence-corrected chi connectivity index (χ4v) is 2.21. The number of thiazole rings is 1. The molecular weight excluding hydrogens is 232 g/mol. The molecule has 0 bridgehead atoms. The van der Waals surface area contributed by atoms with Crippen molar-refractivity contribution in [2.75, 3.05) is 0 Å². The first-order chi connectivity index (χ1) is 8.45. The van der Waals surface area contributed by atoms with Gasteiger partial charge in [0.05, 0.1) is 11.9 Å². The Morgan fingerprint density at radius 3 is 2.71 bits per heavy atom. The number of aromatic nitrogens is 4. The summed E-state index contributed by atoms with van der Waals surface area (Å²) in [6, 6.07) is 3.87. The predicted molar refractivity (Wildman–Crippen MR) is 66.4 cm³/mol. The molecule has 0 aliphatic carbocycles. The predicted octanol–water partition coefficient (Wildman–Crippen LogP) is 2.66. The Labute approximate surface area is 102 Å². The number of hydrogen-bond donors (Lipinski definition) is 0. The van der Waals surface area contributed by atoms with E-state index in [-0.39, 0.29) is 0 Å². The molecule has 0 fully saturated rings. The molecule has 0 unspecified atom stereocenters. The molecule has 0 radical (unpaired) electrons. The maximum Gasteiger partial charge on any atom is 0.142 e. The first-order valence-electron chi connectivity index (χ1n) is 5.06. The van der Waals surface area contributed by atoms with E-state index in [0.29, 0.717) is 0 Å². The lowest BCUT2D eigenvalue weighted by Crippen LogP contribution is -1.90. The smallest absolute Gasteiger partial charge is 0.142 e. The third kappa shape index (κ3) is 1.92. The van der Waals surface area contributed by atoms with Gasteiger partial charge in [0.2, 0.25) is 0 Å². The molecular formula is C12H8N4S. The minimum atomic E-state index is 0.811. The Kier molecular flexibility index (Phi) is 2.59. The van der Waals surface area contributed by atoms with Crippen molar-refractivity contribution in [1.29, 1.82) is 0 Å². The molecule has 3 rings (SSSR count). The average Bonchev–Trinajstić information content (AvgIpc) is 2.94. The zero-order chi connectivity index (χ0) is 11.5. The fraction of sp³-hybridized carbons (Fsp3) is 0. The van der Waals surface area contributed by atoms with Crippen LogP contribution in [0.15, 0.2) is 48.5 Å². The molecule has 0 spiro atoms. The molecule has 0 saturated heterocycles. The van der Waals surface area contributed by atoms with Crippen molar-refractivity contribution in [3.8, 4) is 22.0 Å². The van der Waals surface area contributed by atoms with Crippen LogP contribution in [-0.2, 0) is 0 Å². The number of hydrogen-bond acceptors (Lipinski definition) is 5. The lowest BCUT2D eigenvalue weighted by Gasteiger charge is -2.04. The third-order valence-corrected chi connectivity index (χ3v) is 3.06. The van der Waals surface area contributed by atoms with Crippen molar-refractivity contribution in [2.45, 2.75) is 0 Å². The van der Waals surface area contributed by atoms with Crippen molar-refractivity contribution in [1.82, 2.24) is 19.9 Å². The van der Waals surface area contributed by atoms with Crippen molar-refractivity contribution in [2.24, 2.45) is 0 Å². The van der Waals surface area contributed by atoms with Crippen LogP contribution in [0.5, 0.6) is 0 Å². The van der Waals surface area contributed by atoms with Gasteiger partial charge in [-0.3, -0.25) is 15.0 Å². The summed E-state index contributed by atoms with van der Waals surface area (Å²) in [5, 5.41) is 2.83. The monoisotopic (exact) mass is 240 g/mol. The minimum Gasteiger partial charge on any atom is -0.261 e. The maximum atomic E-state index is 4.38. The van der Waals surface area contributed by atoms with Gasteiger partial charge < -0.3 is 0 Å². The van der Waals surface area contributed by atoms with Gasteiger partial charge in [0.1, 0.15) is 10.7 Å². The van der Waals surface area contributed by atoms with E-state index < -0.39 is 0 Å². The van der Waals surface area contributed by atoms with Crippen molar-refractivity contribution < 1.29 is 0 Å². The van der Waals surface area contributed by atoms with Crippen LogP contribution in [0.4, 0.5) is 0 Å². The topological polar surface area (TPSA) is 51.6 Å². The molecule has 3 aromatic heterocycles. The molecule has 5 heteroatoms. The van der Waals surface area contributed by atoms with Gasteiger partial charge >= 0.3 is 0 Å². The van der Waals surface area contributed by atoms with E-state index in [0.717, 1.165) is 22.0 Å². The summed E-state index contributed by atoms with van der Waals surface area (Å²) in [6.07, 6.45) is 8.59. The van der Waals surface area contributed by atoms with Gasteiger partial charge in [-0.1, -0.05) is 0 Å². The van der Waals surface area contributed by atoms with Gasteiger partial charge in [-0.2, -0.15) is 0 Å². The van der Waals surface area contributed by atoms with Crippen LogP contribution in [0.2, 0.25) is 0 Å². The van der Waals surface area contributed by atoms with Crippen LogP contribution in [-0.4, -0.2) is 19.9 Å². The Morgan fingerprint density at radius 2 is 1.94 bits per heavy atom. The molecule has 3 aromatic rings. The molecule has 82 valence electrons. The van der Waals surface area contributed by atoms with E-state index in [9.17, 15) is 0 Å². The highest BCUT2D eigenvalue weighted by molar-refractivity contribution is 7.13. The summed E-state index contributed by atoms with van der Waals surface area (Å²) in [5.74, 6) is 0. The molecule has 17 heavy (non-hydrogen) atoms. The van der Waals surface area contributed by atoms with E-state index in [4.69, 9.17) is 0 Å². The molecule has 4 nitrogen and oxygen atoms in total. The van der Waals surface area contributed by atoms with E-state index in [1.807, 2.05) is 17.5 Å². The van der Waals surface area contributed by atoms with Crippen molar-refractivity contribution in [3.63, 3.8) is 0 Å². The molecule has 0 saturated carbocycles. The van der Waals surface area contributed by atoms with Gasteiger partial charge in [0.15, 0.2) is 0 Å².